The van der Waals surface area contributed by atoms with Crippen molar-refractivity contribution in [2.75, 3.05) is 30.0 Å². The first-order chi connectivity index (χ1) is 12.4. The number of likely N-dealkylation sites (N-methyl/N-ethyl adjacent to an activating group) is 1. The smallest absolute Gasteiger partial charge is 0.254 e. The number of fused-ring (bicyclic) bond motifs is 1. The van der Waals surface area contributed by atoms with Crippen molar-refractivity contribution in [1.82, 2.24) is 4.90 Å². The van der Waals surface area contributed by atoms with Gasteiger partial charge in [0.25, 0.3) is 5.91 Å². The number of benzene rings is 2. The van der Waals surface area contributed by atoms with Crippen molar-refractivity contribution < 1.29 is 18.8 Å². The van der Waals surface area contributed by atoms with E-state index in [-0.39, 0.29) is 18.4 Å². The number of hydrogen-bond acceptors (Lipinski definition) is 4. The van der Waals surface area contributed by atoms with Crippen LogP contribution in [-0.4, -0.2) is 42.0 Å². The second kappa shape index (κ2) is 7.57. The van der Waals surface area contributed by atoms with E-state index in [0.29, 0.717) is 22.7 Å². The van der Waals surface area contributed by atoms with Gasteiger partial charge in [-0.3, -0.25) is 14.4 Å². The van der Waals surface area contributed by atoms with Gasteiger partial charge < -0.3 is 15.5 Å². The molecule has 0 bridgehead atoms. The molecular weight excluding hydrogens is 357 g/mol. The zero-order valence-electron chi connectivity index (χ0n) is 13.9. The summed E-state index contributed by atoms with van der Waals surface area (Å²) in [7, 11) is 1.51. The van der Waals surface area contributed by atoms with Gasteiger partial charge in [-0.1, -0.05) is 0 Å². The lowest BCUT2D eigenvalue weighted by Gasteiger charge is -2.20. The van der Waals surface area contributed by atoms with Crippen molar-refractivity contribution in [3.63, 3.8) is 0 Å². The molecule has 1 heterocycles. The summed E-state index contributed by atoms with van der Waals surface area (Å²) >= 11 is 1.41. The van der Waals surface area contributed by atoms with Crippen LogP contribution in [0.3, 0.4) is 0 Å². The predicted molar refractivity (Wildman–Crippen MR) is 97.8 cm³/mol. The molecule has 0 saturated heterocycles. The summed E-state index contributed by atoms with van der Waals surface area (Å²) in [6.45, 7) is -0.158. The summed E-state index contributed by atoms with van der Waals surface area (Å²) < 4.78 is 12.9. The van der Waals surface area contributed by atoms with Gasteiger partial charge in [-0.15, -0.1) is 11.8 Å². The van der Waals surface area contributed by atoms with Gasteiger partial charge in [-0.25, -0.2) is 4.39 Å². The lowest BCUT2D eigenvalue weighted by atomic mass is 10.1. The normalized spacial score (nSPS) is 12.8. The van der Waals surface area contributed by atoms with E-state index >= 15 is 0 Å². The number of anilines is 2. The number of thioether (sulfide) groups is 1. The molecule has 0 fully saturated rings. The van der Waals surface area contributed by atoms with Crippen LogP contribution >= 0.6 is 11.8 Å². The number of carbonyl (C=O) groups is 3. The molecule has 0 unspecified atom stereocenters. The van der Waals surface area contributed by atoms with Crippen LogP contribution in [0.2, 0.25) is 0 Å². The highest BCUT2D eigenvalue weighted by molar-refractivity contribution is 8.00. The quantitative estimate of drug-likeness (QED) is 0.864. The highest BCUT2D eigenvalue weighted by atomic mass is 32.2. The first-order valence-electron chi connectivity index (χ1n) is 7.80. The molecule has 2 aromatic rings. The van der Waals surface area contributed by atoms with E-state index in [2.05, 4.69) is 10.6 Å². The van der Waals surface area contributed by atoms with E-state index < -0.39 is 11.7 Å². The molecule has 3 rings (SSSR count). The van der Waals surface area contributed by atoms with Crippen LogP contribution in [0.15, 0.2) is 47.4 Å². The molecule has 2 aromatic carbocycles. The van der Waals surface area contributed by atoms with Crippen molar-refractivity contribution in [3.05, 3.63) is 53.8 Å². The van der Waals surface area contributed by atoms with Gasteiger partial charge in [-0.2, -0.15) is 0 Å². The second-order valence-electron chi connectivity index (χ2n) is 5.76. The van der Waals surface area contributed by atoms with E-state index in [9.17, 15) is 18.8 Å². The minimum Gasteiger partial charge on any atom is -0.332 e. The third-order valence-corrected chi connectivity index (χ3v) is 4.79. The molecule has 3 amide bonds. The summed E-state index contributed by atoms with van der Waals surface area (Å²) in [5.41, 5.74) is 1.43. The standard InChI is InChI=1S/C18H16FN3O3S/c1-22(9-16(23)20-13-5-3-12(19)4-6-13)18(25)11-2-7-15-14(8-11)21-17(24)10-26-15/h2-8H,9-10H2,1H3,(H,20,23)(H,21,24). The largest absolute Gasteiger partial charge is 0.332 e. The Hall–Kier alpha value is -2.87. The Balaban J connectivity index is 1.64. The molecule has 134 valence electrons. The molecular formula is C18H16FN3O3S. The average molecular weight is 373 g/mol. The summed E-state index contributed by atoms with van der Waals surface area (Å²) in [4.78, 5) is 38.2. The first kappa shape index (κ1) is 17.9. The van der Waals surface area contributed by atoms with Gasteiger partial charge in [0.15, 0.2) is 0 Å². The molecule has 1 aliphatic heterocycles. The maximum absolute atomic E-state index is 12.9. The lowest BCUT2D eigenvalue weighted by Crippen LogP contribution is -2.35. The molecule has 0 saturated carbocycles. The van der Waals surface area contributed by atoms with Crippen molar-refractivity contribution >= 4 is 40.9 Å². The van der Waals surface area contributed by atoms with Crippen molar-refractivity contribution in [2.45, 2.75) is 4.90 Å². The van der Waals surface area contributed by atoms with Gasteiger partial charge >= 0.3 is 0 Å². The Labute approximate surface area is 153 Å². The van der Waals surface area contributed by atoms with E-state index in [1.165, 1.54) is 48.0 Å². The second-order valence-corrected chi connectivity index (χ2v) is 6.78. The van der Waals surface area contributed by atoms with Gasteiger partial charge in [0.05, 0.1) is 18.0 Å². The molecule has 2 N–H and O–H groups in total. The molecule has 1 aliphatic rings. The number of hydrogen-bond donors (Lipinski definition) is 2. The summed E-state index contributed by atoms with van der Waals surface area (Å²) in [5.74, 6) is -0.891. The van der Waals surface area contributed by atoms with Gasteiger partial charge in [-0.05, 0) is 42.5 Å². The molecule has 0 spiro atoms. The Morgan fingerprint density at radius 3 is 2.69 bits per heavy atom. The maximum atomic E-state index is 12.9. The van der Waals surface area contributed by atoms with Crippen molar-refractivity contribution in [3.8, 4) is 0 Å². The van der Waals surface area contributed by atoms with Gasteiger partial charge in [0.1, 0.15) is 5.82 Å². The Bertz CT molecular complexity index is 870. The molecule has 0 radical (unpaired) electrons. The predicted octanol–water partition coefficient (Wildman–Crippen LogP) is 2.58. The zero-order valence-corrected chi connectivity index (χ0v) is 14.7. The molecule has 0 aliphatic carbocycles. The Morgan fingerprint density at radius 1 is 1.23 bits per heavy atom. The van der Waals surface area contributed by atoms with E-state index in [4.69, 9.17) is 0 Å². The minimum atomic E-state index is -0.395. The van der Waals surface area contributed by atoms with Crippen molar-refractivity contribution in [1.29, 1.82) is 0 Å². The number of nitrogens with one attached hydrogen (secondary N) is 2. The van der Waals surface area contributed by atoms with Crippen LogP contribution in [0, 0.1) is 5.82 Å². The summed E-state index contributed by atoms with van der Waals surface area (Å²) in [6.07, 6.45) is 0. The fourth-order valence-corrected chi connectivity index (χ4v) is 3.25. The average Bonchev–Trinajstić information content (AvgIpc) is 2.62. The lowest BCUT2D eigenvalue weighted by molar-refractivity contribution is -0.116. The van der Waals surface area contributed by atoms with Crippen molar-refractivity contribution in [2.24, 2.45) is 0 Å². The van der Waals surface area contributed by atoms with Gasteiger partial charge in [0, 0.05) is 23.2 Å². The third-order valence-electron chi connectivity index (χ3n) is 3.71. The number of carbonyl (C=O) groups excluding carboxylic acids is 3. The minimum absolute atomic E-state index is 0.112. The molecule has 0 aromatic heterocycles. The number of nitrogens with zero attached hydrogens (tertiary/aromatic N) is 1. The third kappa shape index (κ3) is 4.20. The van der Waals surface area contributed by atoms with Crippen LogP contribution in [0.25, 0.3) is 0 Å². The van der Waals surface area contributed by atoms with Crippen LogP contribution in [0.4, 0.5) is 15.8 Å². The van der Waals surface area contributed by atoms with Gasteiger partial charge in [0.2, 0.25) is 11.8 Å². The molecule has 0 atom stereocenters. The fraction of sp³-hybridized carbons (Fsp3) is 0.167. The van der Waals surface area contributed by atoms with Crippen LogP contribution in [0.5, 0.6) is 0 Å². The fourth-order valence-electron chi connectivity index (χ4n) is 2.46. The number of halogens is 1. The first-order valence-corrected chi connectivity index (χ1v) is 8.78. The number of rotatable bonds is 4. The van der Waals surface area contributed by atoms with E-state index in [0.717, 1.165) is 4.90 Å². The SMILES string of the molecule is CN(CC(=O)Nc1ccc(F)cc1)C(=O)c1ccc2c(c1)NC(=O)CS2. The highest BCUT2D eigenvalue weighted by Crippen LogP contribution is 2.32. The Kier molecular flexibility index (Phi) is 5.22. The van der Waals surface area contributed by atoms with Crippen LogP contribution in [-0.2, 0) is 9.59 Å². The van der Waals surface area contributed by atoms with E-state index in [1.807, 2.05) is 0 Å². The Morgan fingerprint density at radius 2 is 1.96 bits per heavy atom. The van der Waals surface area contributed by atoms with Crippen LogP contribution in [0.1, 0.15) is 10.4 Å². The molecule has 26 heavy (non-hydrogen) atoms. The highest BCUT2D eigenvalue weighted by Gasteiger charge is 2.20. The monoisotopic (exact) mass is 373 g/mol. The van der Waals surface area contributed by atoms with E-state index in [1.54, 1.807) is 18.2 Å². The van der Waals surface area contributed by atoms with Crippen LogP contribution < -0.4 is 10.6 Å². The molecule has 6 nitrogen and oxygen atoms in total. The summed E-state index contributed by atoms with van der Waals surface area (Å²) in [5, 5.41) is 5.33. The zero-order chi connectivity index (χ0) is 18.7. The topological polar surface area (TPSA) is 78.5 Å². The summed E-state index contributed by atoms with van der Waals surface area (Å²) in [6, 6.07) is 10.4. The maximum Gasteiger partial charge on any atom is 0.254 e. The number of amides is 3. The molecule has 8 heteroatoms.